The van der Waals surface area contributed by atoms with Crippen molar-refractivity contribution in [2.75, 3.05) is 21.3 Å². The minimum absolute atomic E-state index is 0.190. The van der Waals surface area contributed by atoms with E-state index < -0.39 is 46.6 Å². The largest absolute Gasteiger partial charge is 0.468 e. The summed E-state index contributed by atoms with van der Waals surface area (Å²) in [4.78, 5) is 58.8. The summed E-state index contributed by atoms with van der Waals surface area (Å²) < 4.78 is 13.8. The molecule has 11 nitrogen and oxygen atoms in total. The molecule has 2 atom stereocenters. The Bertz CT molecular complexity index is 777. The van der Waals surface area contributed by atoms with Gasteiger partial charge in [-0.3, -0.25) is 24.5 Å². The molecular formula is C18H22N2O9. The third kappa shape index (κ3) is 6.26. The van der Waals surface area contributed by atoms with Crippen molar-refractivity contribution in [1.29, 1.82) is 0 Å². The molecular weight excluding hydrogens is 388 g/mol. The number of amides is 1. The van der Waals surface area contributed by atoms with Crippen LogP contribution in [0.25, 0.3) is 0 Å². The quantitative estimate of drug-likeness (QED) is 0.200. The lowest BCUT2D eigenvalue weighted by Gasteiger charge is -2.27. The molecule has 158 valence electrons. The lowest BCUT2D eigenvalue weighted by molar-refractivity contribution is -0.384. The first kappa shape index (κ1) is 23.5. The molecule has 0 heterocycles. The highest BCUT2D eigenvalue weighted by atomic mass is 16.6. The normalized spacial score (nSPS) is 12.4. The number of ether oxygens (including phenoxy) is 3. The van der Waals surface area contributed by atoms with Gasteiger partial charge in [0.05, 0.1) is 32.7 Å². The number of carbonyl (C=O) groups is 4. The van der Waals surface area contributed by atoms with Crippen molar-refractivity contribution in [3.8, 4) is 0 Å². The van der Waals surface area contributed by atoms with E-state index in [-0.39, 0.29) is 12.1 Å². The maximum absolute atomic E-state index is 12.4. The number of methoxy groups -OCH3 is 3. The number of nitro benzene ring substituents is 1. The fourth-order valence-electron chi connectivity index (χ4n) is 2.69. The Labute approximate surface area is 166 Å². The Morgan fingerprint density at radius 2 is 1.59 bits per heavy atom. The minimum Gasteiger partial charge on any atom is -0.468 e. The zero-order valence-electron chi connectivity index (χ0n) is 16.4. The Hall–Kier alpha value is -3.50. The highest BCUT2D eigenvalue weighted by Crippen LogP contribution is 2.21. The number of non-ortho nitro benzene ring substituents is 1. The second-order valence-corrected chi connectivity index (χ2v) is 6.06. The highest BCUT2D eigenvalue weighted by Gasteiger charge is 2.42. The topological polar surface area (TPSA) is 151 Å². The van der Waals surface area contributed by atoms with Gasteiger partial charge in [0.25, 0.3) is 5.69 Å². The number of rotatable bonds is 9. The van der Waals surface area contributed by atoms with Crippen LogP contribution < -0.4 is 5.32 Å². The molecule has 1 amide bonds. The summed E-state index contributed by atoms with van der Waals surface area (Å²) in [5.41, 5.74) is 0.148. The maximum atomic E-state index is 12.4. The summed E-state index contributed by atoms with van der Waals surface area (Å²) in [6.45, 7) is 1.38. The van der Waals surface area contributed by atoms with Crippen LogP contribution in [0, 0.1) is 22.0 Å². The molecule has 1 aromatic carbocycles. The molecule has 0 saturated heterocycles. The van der Waals surface area contributed by atoms with Crippen molar-refractivity contribution in [2.24, 2.45) is 11.8 Å². The standard InChI is InChI=1S/C18H22N2O9/c1-10(14(16(22)27-2)17(23)28-3)15(18(24)29-4)19-13(21)9-11-6-5-7-12(8-11)20(25)26/h5-8,10,14-15H,9H2,1-4H3,(H,19,21)/t10-,15-/m0/s1. The van der Waals surface area contributed by atoms with Crippen molar-refractivity contribution < 1.29 is 38.3 Å². The van der Waals surface area contributed by atoms with Crippen LogP contribution in [0.5, 0.6) is 0 Å². The summed E-state index contributed by atoms with van der Waals surface area (Å²) in [5, 5.41) is 13.3. The number of nitrogens with one attached hydrogen (secondary N) is 1. The van der Waals surface area contributed by atoms with Crippen molar-refractivity contribution in [3.63, 3.8) is 0 Å². The lowest BCUT2D eigenvalue weighted by Crippen LogP contribution is -2.51. The van der Waals surface area contributed by atoms with Crippen molar-refractivity contribution in [2.45, 2.75) is 19.4 Å². The van der Waals surface area contributed by atoms with Crippen LogP contribution in [0.1, 0.15) is 12.5 Å². The number of nitro groups is 1. The number of esters is 3. The third-order valence-corrected chi connectivity index (χ3v) is 4.22. The molecule has 0 fully saturated rings. The van der Waals surface area contributed by atoms with E-state index in [1.165, 1.54) is 31.2 Å². The number of hydrogen-bond donors (Lipinski definition) is 1. The molecule has 0 aliphatic carbocycles. The van der Waals surface area contributed by atoms with Gasteiger partial charge in [0, 0.05) is 18.1 Å². The van der Waals surface area contributed by atoms with Crippen molar-refractivity contribution in [3.05, 3.63) is 39.9 Å². The zero-order chi connectivity index (χ0) is 22.1. The molecule has 0 aliphatic heterocycles. The molecule has 1 rings (SSSR count). The van der Waals surface area contributed by atoms with Crippen LogP contribution in [-0.2, 0) is 39.8 Å². The van der Waals surface area contributed by atoms with Gasteiger partial charge in [0.2, 0.25) is 5.91 Å². The second-order valence-electron chi connectivity index (χ2n) is 6.06. The molecule has 0 unspecified atom stereocenters. The van der Waals surface area contributed by atoms with E-state index in [0.717, 1.165) is 21.3 Å². The first-order chi connectivity index (χ1) is 13.7. The van der Waals surface area contributed by atoms with E-state index in [4.69, 9.17) is 0 Å². The molecule has 0 radical (unpaired) electrons. The van der Waals surface area contributed by atoms with Gasteiger partial charge in [-0.15, -0.1) is 0 Å². The summed E-state index contributed by atoms with van der Waals surface area (Å²) in [5.74, 6) is -5.97. The molecule has 0 aliphatic rings. The van der Waals surface area contributed by atoms with E-state index in [2.05, 4.69) is 19.5 Å². The zero-order valence-corrected chi connectivity index (χ0v) is 16.4. The fourth-order valence-corrected chi connectivity index (χ4v) is 2.69. The van der Waals surface area contributed by atoms with E-state index in [1.807, 2.05) is 0 Å². The molecule has 1 aromatic rings. The van der Waals surface area contributed by atoms with Crippen LogP contribution in [0.4, 0.5) is 5.69 Å². The van der Waals surface area contributed by atoms with Gasteiger partial charge in [0.1, 0.15) is 6.04 Å². The van der Waals surface area contributed by atoms with E-state index in [1.54, 1.807) is 0 Å². The fraction of sp³-hybridized carbons (Fsp3) is 0.444. The van der Waals surface area contributed by atoms with Gasteiger partial charge < -0.3 is 19.5 Å². The Morgan fingerprint density at radius 1 is 1.03 bits per heavy atom. The van der Waals surface area contributed by atoms with E-state index >= 15 is 0 Å². The third-order valence-electron chi connectivity index (χ3n) is 4.22. The second kappa shape index (κ2) is 10.7. The van der Waals surface area contributed by atoms with E-state index in [9.17, 15) is 29.3 Å². The molecule has 11 heteroatoms. The highest BCUT2D eigenvalue weighted by molar-refractivity contribution is 5.96. The van der Waals surface area contributed by atoms with Gasteiger partial charge in [-0.25, -0.2) is 4.79 Å². The Kier molecular flexibility index (Phi) is 8.71. The number of carbonyl (C=O) groups excluding carboxylic acids is 4. The van der Waals surface area contributed by atoms with Gasteiger partial charge in [0.15, 0.2) is 5.92 Å². The molecule has 29 heavy (non-hydrogen) atoms. The van der Waals surface area contributed by atoms with Gasteiger partial charge >= 0.3 is 17.9 Å². The lowest BCUT2D eigenvalue weighted by atomic mass is 9.87. The van der Waals surface area contributed by atoms with Crippen LogP contribution >= 0.6 is 0 Å². The molecule has 0 spiro atoms. The van der Waals surface area contributed by atoms with Gasteiger partial charge in [-0.2, -0.15) is 0 Å². The first-order valence-corrected chi connectivity index (χ1v) is 8.42. The van der Waals surface area contributed by atoms with Crippen LogP contribution in [-0.4, -0.2) is 56.1 Å². The Balaban J connectivity index is 3.06. The molecule has 1 N–H and O–H groups in total. The Morgan fingerprint density at radius 3 is 2.07 bits per heavy atom. The average Bonchev–Trinajstić information content (AvgIpc) is 2.71. The monoisotopic (exact) mass is 410 g/mol. The van der Waals surface area contributed by atoms with Gasteiger partial charge in [-0.1, -0.05) is 19.1 Å². The number of benzene rings is 1. The minimum atomic E-state index is -1.48. The summed E-state index contributed by atoms with van der Waals surface area (Å²) in [7, 11) is 3.22. The maximum Gasteiger partial charge on any atom is 0.328 e. The number of hydrogen-bond acceptors (Lipinski definition) is 9. The van der Waals surface area contributed by atoms with Crippen molar-refractivity contribution >= 4 is 29.5 Å². The van der Waals surface area contributed by atoms with Crippen LogP contribution in [0.3, 0.4) is 0 Å². The van der Waals surface area contributed by atoms with Crippen LogP contribution in [0.2, 0.25) is 0 Å². The molecule has 0 bridgehead atoms. The summed E-state index contributed by atoms with van der Waals surface area (Å²) in [6, 6.07) is 4.06. The van der Waals surface area contributed by atoms with E-state index in [0.29, 0.717) is 5.56 Å². The molecule has 0 saturated carbocycles. The smallest absolute Gasteiger partial charge is 0.328 e. The predicted octanol–water partition coefficient (Wildman–Crippen LogP) is 0.393. The average molecular weight is 410 g/mol. The molecule has 0 aromatic heterocycles. The number of nitrogens with zero attached hydrogens (tertiary/aromatic N) is 1. The SMILES string of the molecule is COC(=O)C(C(=O)OC)[C@H](C)[C@H](NC(=O)Cc1cccc([N+](=O)[O-])c1)C(=O)OC. The van der Waals surface area contributed by atoms with Crippen molar-refractivity contribution in [1.82, 2.24) is 5.32 Å². The summed E-state index contributed by atoms with van der Waals surface area (Å²) in [6.07, 6.45) is -0.275. The predicted molar refractivity (Wildman–Crippen MR) is 97.4 cm³/mol. The summed E-state index contributed by atoms with van der Waals surface area (Å²) >= 11 is 0. The van der Waals surface area contributed by atoms with Crippen LogP contribution in [0.15, 0.2) is 24.3 Å². The van der Waals surface area contributed by atoms with Gasteiger partial charge in [-0.05, 0) is 5.56 Å². The first-order valence-electron chi connectivity index (χ1n) is 8.42.